The van der Waals surface area contributed by atoms with Crippen molar-refractivity contribution >= 4 is 46.6 Å². The van der Waals surface area contributed by atoms with Crippen LogP contribution in [0.1, 0.15) is 5.56 Å². The first-order valence-corrected chi connectivity index (χ1v) is 11.3. The first kappa shape index (κ1) is 23.5. The van der Waals surface area contributed by atoms with E-state index in [1.807, 2.05) is 6.07 Å². The van der Waals surface area contributed by atoms with Gasteiger partial charge in [-0.1, -0.05) is 41.6 Å². The molecule has 170 valence electrons. The van der Waals surface area contributed by atoms with E-state index in [4.69, 9.17) is 11.6 Å². The molecule has 4 rings (SSSR count). The Balaban J connectivity index is 1.73. The fourth-order valence-electron chi connectivity index (χ4n) is 3.40. The summed E-state index contributed by atoms with van der Waals surface area (Å²) in [6.45, 7) is 0. The zero-order valence-corrected chi connectivity index (χ0v) is 19.0. The summed E-state index contributed by atoms with van der Waals surface area (Å²) in [4.78, 5) is 27.6. The Kier molecular flexibility index (Phi) is 6.96. The van der Waals surface area contributed by atoms with Crippen LogP contribution in [0, 0.1) is 23.0 Å². The maximum absolute atomic E-state index is 13.5. The average Bonchev–Trinajstić information content (AvgIpc) is 3.13. The highest BCUT2D eigenvalue weighted by Crippen LogP contribution is 2.42. The van der Waals surface area contributed by atoms with E-state index in [1.165, 1.54) is 53.4 Å². The van der Waals surface area contributed by atoms with Gasteiger partial charge in [0.05, 0.1) is 5.25 Å². The molecule has 5 nitrogen and oxygen atoms in total. The maximum atomic E-state index is 13.5. The molecule has 0 radical (unpaired) electrons. The number of rotatable bonds is 5. The molecule has 1 fully saturated rings. The summed E-state index contributed by atoms with van der Waals surface area (Å²) in [5.74, 6) is -2.08. The maximum Gasteiger partial charge on any atom is 0.269 e. The molecule has 3 aromatic rings. The van der Waals surface area contributed by atoms with Crippen molar-refractivity contribution in [1.82, 2.24) is 0 Å². The predicted octanol–water partition coefficient (Wildman–Crippen LogP) is 5.68. The van der Waals surface area contributed by atoms with Gasteiger partial charge in [0, 0.05) is 16.4 Å². The molecule has 1 aliphatic rings. The lowest BCUT2D eigenvalue weighted by Crippen LogP contribution is -2.31. The van der Waals surface area contributed by atoms with E-state index in [1.54, 1.807) is 24.3 Å². The standard InChI is InChI=1S/C25H16ClF2N3O2S/c26-21-4-2-1-3-15(21)13-22-24(33)31(19-11-7-17(28)8-12-19)25(34-22)20(14-29)23(32)30-18-9-5-16(27)6-10-18/h1-12,22H,13H2,(H,30,32). The molecule has 3 aromatic carbocycles. The summed E-state index contributed by atoms with van der Waals surface area (Å²) in [5.41, 5.74) is 1.05. The Morgan fingerprint density at radius 1 is 1.03 bits per heavy atom. The van der Waals surface area contributed by atoms with E-state index in [0.717, 1.165) is 17.3 Å². The minimum atomic E-state index is -0.755. The second kappa shape index (κ2) is 10.1. The van der Waals surface area contributed by atoms with E-state index < -0.39 is 22.8 Å². The van der Waals surface area contributed by atoms with Gasteiger partial charge in [0.2, 0.25) is 5.91 Å². The summed E-state index contributed by atoms with van der Waals surface area (Å²) in [6.07, 6.45) is 0.267. The van der Waals surface area contributed by atoms with Crippen LogP contribution in [0.25, 0.3) is 0 Å². The number of nitrogens with one attached hydrogen (secondary N) is 1. The van der Waals surface area contributed by atoms with Crippen molar-refractivity contribution in [2.75, 3.05) is 10.2 Å². The number of carbonyl (C=O) groups is 2. The van der Waals surface area contributed by atoms with Crippen LogP contribution in [0.3, 0.4) is 0 Å². The summed E-state index contributed by atoms with van der Waals surface area (Å²) >= 11 is 7.33. The summed E-state index contributed by atoms with van der Waals surface area (Å²) in [5, 5.41) is 12.3. The Labute approximate surface area is 203 Å². The number of nitrogens with zero attached hydrogens (tertiary/aromatic N) is 2. The van der Waals surface area contributed by atoms with Crippen LogP contribution in [-0.2, 0) is 16.0 Å². The molecular weight excluding hydrogens is 480 g/mol. The highest BCUT2D eigenvalue weighted by Gasteiger charge is 2.41. The number of amides is 2. The Bertz CT molecular complexity index is 1320. The van der Waals surface area contributed by atoms with Crippen LogP contribution in [0.2, 0.25) is 5.02 Å². The molecule has 1 N–H and O–H groups in total. The van der Waals surface area contributed by atoms with Crippen LogP contribution >= 0.6 is 23.4 Å². The molecule has 0 saturated carbocycles. The molecule has 1 heterocycles. The van der Waals surface area contributed by atoms with Gasteiger partial charge in [0.25, 0.3) is 5.91 Å². The average molecular weight is 496 g/mol. The second-order valence-electron chi connectivity index (χ2n) is 7.31. The minimum Gasteiger partial charge on any atom is -0.321 e. The van der Waals surface area contributed by atoms with Gasteiger partial charge >= 0.3 is 0 Å². The van der Waals surface area contributed by atoms with E-state index in [2.05, 4.69) is 5.32 Å². The lowest BCUT2D eigenvalue weighted by atomic mass is 10.1. The quantitative estimate of drug-likeness (QED) is 0.365. The van der Waals surface area contributed by atoms with Crippen molar-refractivity contribution in [2.45, 2.75) is 11.7 Å². The number of halogens is 3. The fourth-order valence-corrected chi connectivity index (χ4v) is 4.91. The predicted molar refractivity (Wildman–Crippen MR) is 128 cm³/mol. The Morgan fingerprint density at radius 2 is 1.65 bits per heavy atom. The van der Waals surface area contributed by atoms with Crippen molar-refractivity contribution in [3.8, 4) is 6.07 Å². The zero-order chi connectivity index (χ0) is 24.2. The molecule has 1 saturated heterocycles. The lowest BCUT2D eigenvalue weighted by molar-refractivity contribution is -0.117. The van der Waals surface area contributed by atoms with Crippen LogP contribution in [0.15, 0.2) is 83.4 Å². The van der Waals surface area contributed by atoms with E-state index >= 15 is 0 Å². The van der Waals surface area contributed by atoms with E-state index in [-0.39, 0.29) is 28.6 Å². The third kappa shape index (κ3) is 4.96. The van der Waals surface area contributed by atoms with Gasteiger partial charge in [-0.2, -0.15) is 5.26 Å². The number of anilines is 2. The van der Waals surface area contributed by atoms with E-state index in [9.17, 15) is 23.6 Å². The molecule has 1 aliphatic heterocycles. The normalized spacial score (nSPS) is 16.8. The van der Waals surface area contributed by atoms with Crippen molar-refractivity contribution in [2.24, 2.45) is 0 Å². The highest BCUT2D eigenvalue weighted by atomic mass is 35.5. The molecule has 0 aliphatic carbocycles. The molecule has 0 spiro atoms. The number of carbonyl (C=O) groups excluding carboxylic acids is 2. The van der Waals surface area contributed by atoms with Gasteiger partial charge in [-0.05, 0) is 66.6 Å². The van der Waals surface area contributed by atoms with Crippen LogP contribution < -0.4 is 10.2 Å². The monoisotopic (exact) mass is 495 g/mol. The van der Waals surface area contributed by atoms with Gasteiger partial charge < -0.3 is 5.32 Å². The molecule has 0 bridgehead atoms. The minimum absolute atomic E-state index is 0.121. The molecule has 2 amide bonds. The molecule has 9 heteroatoms. The summed E-state index contributed by atoms with van der Waals surface area (Å²) < 4.78 is 26.7. The first-order valence-electron chi connectivity index (χ1n) is 10.1. The molecule has 0 aromatic heterocycles. The summed E-state index contributed by atoms with van der Waals surface area (Å²) in [7, 11) is 0. The SMILES string of the molecule is N#CC(C(=O)Nc1ccc(F)cc1)=C1SC(Cc2ccccc2Cl)C(=O)N1c1ccc(F)cc1. The number of hydrogen-bond acceptors (Lipinski definition) is 4. The van der Waals surface area contributed by atoms with E-state index in [0.29, 0.717) is 10.7 Å². The van der Waals surface area contributed by atoms with Gasteiger partial charge in [0.1, 0.15) is 28.3 Å². The topological polar surface area (TPSA) is 73.2 Å². The van der Waals surface area contributed by atoms with Gasteiger partial charge in [-0.15, -0.1) is 0 Å². The van der Waals surface area contributed by atoms with Crippen molar-refractivity contribution < 1.29 is 18.4 Å². The third-order valence-electron chi connectivity index (χ3n) is 5.06. The number of benzene rings is 3. The number of thioether (sulfide) groups is 1. The van der Waals surface area contributed by atoms with Crippen LogP contribution in [0.5, 0.6) is 0 Å². The highest BCUT2D eigenvalue weighted by molar-refractivity contribution is 8.05. The number of nitriles is 1. The first-order chi connectivity index (χ1) is 16.4. The zero-order valence-electron chi connectivity index (χ0n) is 17.5. The molecule has 34 heavy (non-hydrogen) atoms. The van der Waals surface area contributed by atoms with Gasteiger partial charge in [-0.25, -0.2) is 8.78 Å². The van der Waals surface area contributed by atoms with Crippen molar-refractivity contribution in [3.63, 3.8) is 0 Å². The Morgan fingerprint density at radius 3 is 2.26 bits per heavy atom. The largest absolute Gasteiger partial charge is 0.321 e. The molecule has 1 unspecified atom stereocenters. The molecular formula is C25H16ClF2N3O2S. The fraction of sp³-hybridized carbons (Fsp3) is 0.0800. The third-order valence-corrected chi connectivity index (χ3v) is 6.69. The van der Waals surface area contributed by atoms with Crippen molar-refractivity contribution in [3.05, 3.63) is 106 Å². The summed E-state index contributed by atoms with van der Waals surface area (Å²) in [6, 6.07) is 19.2. The van der Waals surface area contributed by atoms with Gasteiger partial charge in [0.15, 0.2) is 0 Å². The van der Waals surface area contributed by atoms with Crippen LogP contribution in [0.4, 0.5) is 20.2 Å². The lowest BCUT2D eigenvalue weighted by Gasteiger charge is -2.18. The van der Waals surface area contributed by atoms with Crippen molar-refractivity contribution in [1.29, 1.82) is 5.26 Å². The molecule has 1 atom stereocenters. The number of hydrogen-bond donors (Lipinski definition) is 1. The smallest absolute Gasteiger partial charge is 0.269 e. The Hall–Kier alpha value is -3.67. The van der Waals surface area contributed by atoms with Gasteiger partial charge in [-0.3, -0.25) is 14.5 Å². The van der Waals surface area contributed by atoms with Crippen LogP contribution in [-0.4, -0.2) is 17.1 Å². The second-order valence-corrected chi connectivity index (χ2v) is 8.90.